The van der Waals surface area contributed by atoms with Crippen LogP contribution < -0.4 is 0 Å². The maximum absolute atomic E-state index is 13.0. The van der Waals surface area contributed by atoms with Gasteiger partial charge in [-0.2, -0.15) is 13.2 Å². The lowest BCUT2D eigenvalue weighted by atomic mass is 9.97. The maximum atomic E-state index is 13.0. The molecule has 0 radical (unpaired) electrons. The predicted octanol–water partition coefficient (Wildman–Crippen LogP) is 4.25. The average Bonchev–Trinajstić information content (AvgIpc) is 2.37. The molecule has 2 rings (SSSR count). The van der Waals surface area contributed by atoms with E-state index in [1.807, 2.05) is 0 Å². The van der Waals surface area contributed by atoms with Crippen LogP contribution in [0.2, 0.25) is 0 Å². The van der Waals surface area contributed by atoms with E-state index in [9.17, 15) is 18.3 Å². The molecule has 2 nitrogen and oxygen atoms in total. The van der Waals surface area contributed by atoms with Crippen LogP contribution in [0.15, 0.2) is 41.1 Å². The second kappa shape index (κ2) is 5.54. The van der Waals surface area contributed by atoms with Gasteiger partial charge >= 0.3 is 6.18 Å². The molecule has 1 aromatic carbocycles. The summed E-state index contributed by atoms with van der Waals surface area (Å²) in [6, 6.07) is 5.30. The monoisotopic (exact) mass is 345 g/mol. The van der Waals surface area contributed by atoms with Crippen molar-refractivity contribution in [3.8, 4) is 0 Å². The fourth-order valence-electron chi connectivity index (χ4n) is 1.92. The van der Waals surface area contributed by atoms with Crippen LogP contribution in [0.5, 0.6) is 0 Å². The van der Waals surface area contributed by atoms with Gasteiger partial charge in [0.2, 0.25) is 0 Å². The molecule has 0 spiro atoms. The summed E-state index contributed by atoms with van der Waals surface area (Å²) in [6.45, 7) is 1.76. The molecule has 1 unspecified atom stereocenters. The van der Waals surface area contributed by atoms with Crippen molar-refractivity contribution in [3.63, 3.8) is 0 Å². The third-order valence-electron chi connectivity index (χ3n) is 2.83. The minimum absolute atomic E-state index is 0.187. The van der Waals surface area contributed by atoms with Gasteiger partial charge in [0.25, 0.3) is 0 Å². The van der Waals surface area contributed by atoms with E-state index in [0.29, 0.717) is 10.0 Å². The summed E-state index contributed by atoms with van der Waals surface area (Å²) in [4.78, 5) is 3.89. The van der Waals surface area contributed by atoms with Crippen molar-refractivity contribution in [2.24, 2.45) is 0 Å². The number of aryl methyl sites for hydroxylation is 1. The molecule has 2 aromatic rings. The summed E-state index contributed by atoms with van der Waals surface area (Å²) in [7, 11) is 0. The number of aromatic nitrogens is 1. The lowest BCUT2D eigenvalue weighted by Gasteiger charge is -2.18. The summed E-state index contributed by atoms with van der Waals surface area (Å²) in [5.74, 6) is 0. The van der Waals surface area contributed by atoms with Gasteiger partial charge in [-0.25, -0.2) is 0 Å². The number of hydrogen-bond acceptors (Lipinski definition) is 2. The van der Waals surface area contributed by atoms with E-state index in [-0.39, 0.29) is 5.56 Å². The van der Waals surface area contributed by atoms with Crippen molar-refractivity contribution in [2.75, 3.05) is 0 Å². The Bertz CT molecular complexity index is 628. The molecule has 0 amide bonds. The van der Waals surface area contributed by atoms with Crippen molar-refractivity contribution in [1.29, 1.82) is 0 Å². The molecule has 20 heavy (non-hydrogen) atoms. The lowest BCUT2D eigenvalue weighted by Crippen LogP contribution is -2.13. The highest BCUT2D eigenvalue weighted by atomic mass is 79.9. The first-order valence-corrected chi connectivity index (χ1v) is 6.54. The van der Waals surface area contributed by atoms with Crippen LogP contribution in [0.25, 0.3) is 0 Å². The number of nitrogens with zero attached hydrogens (tertiary/aromatic N) is 1. The topological polar surface area (TPSA) is 33.1 Å². The number of alkyl halides is 3. The van der Waals surface area contributed by atoms with Gasteiger partial charge in [-0.15, -0.1) is 0 Å². The Hall–Kier alpha value is -1.40. The fourth-order valence-corrected chi connectivity index (χ4v) is 2.28. The number of aliphatic hydroxyl groups is 1. The first-order valence-electron chi connectivity index (χ1n) is 5.75. The first-order chi connectivity index (χ1) is 9.29. The molecule has 1 aromatic heterocycles. The molecule has 0 aliphatic carbocycles. The molecular formula is C14H11BrF3NO. The van der Waals surface area contributed by atoms with Gasteiger partial charge in [0.1, 0.15) is 6.10 Å². The summed E-state index contributed by atoms with van der Waals surface area (Å²) in [6.07, 6.45) is -2.97. The third kappa shape index (κ3) is 3.19. The quantitative estimate of drug-likeness (QED) is 0.882. The van der Waals surface area contributed by atoms with Gasteiger partial charge in [-0.3, -0.25) is 4.98 Å². The van der Waals surface area contributed by atoms with Crippen molar-refractivity contribution in [3.05, 3.63) is 63.4 Å². The smallest absolute Gasteiger partial charge is 0.384 e. The Labute approximate surface area is 122 Å². The van der Waals surface area contributed by atoms with Crippen LogP contribution in [-0.4, -0.2) is 10.1 Å². The molecular weight excluding hydrogens is 335 g/mol. The van der Waals surface area contributed by atoms with Gasteiger partial charge in [0.05, 0.1) is 5.56 Å². The zero-order valence-electron chi connectivity index (χ0n) is 10.4. The number of aliphatic hydroxyl groups excluding tert-OH is 1. The van der Waals surface area contributed by atoms with Crippen LogP contribution in [0.4, 0.5) is 13.2 Å². The highest BCUT2D eigenvalue weighted by molar-refractivity contribution is 9.10. The molecule has 0 bridgehead atoms. The van der Waals surface area contributed by atoms with E-state index in [1.165, 1.54) is 18.3 Å². The lowest BCUT2D eigenvalue weighted by molar-refractivity contribution is -0.139. The largest absolute Gasteiger partial charge is 0.416 e. The molecule has 106 valence electrons. The van der Waals surface area contributed by atoms with Gasteiger partial charge in [0, 0.05) is 22.4 Å². The Balaban J connectivity index is 2.52. The Morgan fingerprint density at radius 3 is 2.50 bits per heavy atom. The molecule has 0 aliphatic heterocycles. The van der Waals surface area contributed by atoms with Gasteiger partial charge in [-0.1, -0.05) is 28.1 Å². The molecule has 1 N–H and O–H groups in total. The summed E-state index contributed by atoms with van der Waals surface area (Å²) in [5, 5.41) is 10.2. The van der Waals surface area contributed by atoms with Crippen molar-refractivity contribution >= 4 is 15.9 Å². The summed E-state index contributed by atoms with van der Waals surface area (Å²) < 4.78 is 39.4. The SMILES string of the molecule is Cc1cncc(C(O)c2ccc(Br)cc2C(F)(F)F)c1. The molecule has 1 heterocycles. The Morgan fingerprint density at radius 1 is 1.20 bits per heavy atom. The van der Waals surface area contributed by atoms with E-state index in [4.69, 9.17) is 0 Å². The van der Waals surface area contributed by atoms with Gasteiger partial charge < -0.3 is 5.11 Å². The summed E-state index contributed by atoms with van der Waals surface area (Å²) >= 11 is 3.01. The van der Waals surface area contributed by atoms with Gasteiger partial charge in [-0.05, 0) is 30.2 Å². The second-order valence-corrected chi connectivity index (χ2v) is 5.34. The minimum Gasteiger partial charge on any atom is -0.384 e. The van der Waals surface area contributed by atoms with Crippen LogP contribution in [0, 0.1) is 6.92 Å². The number of hydrogen-bond donors (Lipinski definition) is 1. The normalized spacial score (nSPS) is 13.3. The summed E-state index contributed by atoms with van der Waals surface area (Å²) in [5.41, 5.74) is 0.0547. The van der Waals surface area contributed by atoms with E-state index < -0.39 is 17.8 Å². The van der Waals surface area contributed by atoms with E-state index in [2.05, 4.69) is 20.9 Å². The zero-order chi connectivity index (χ0) is 14.9. The first kappa shape index (κ1) is 15.0. The molecule has 0 fully saturated rings. The van der Waals surface area contributed by atoms with Crippen molar-refractivity contribution in [2.45, 2.75) is 19.2 Å². The van der Waals surface area contributed by atoms with Crippen LogP contribution >= 0.6 is 15.9 Å². The second-order valence-electron chi connectivity index (χ2n) is 4.43. The number of rotatable bonds is 2. The Morgan fingerprint density at radius 2 is 1.90 bits per heavy atom. The minimum atomic E-state index is -4.53. The van der Waals surface area contributed by atoms with E-state index in [0.717, 1.165) is 11.6 Å². The van der Waals surface area contributed by atoms with Crippen LogP contribution in [-0.2, 0) is 6.18 Å². The Kier molecular flexibility index (Phi) is 4.15. The molecule has 1 atom stereocenters. The van der Waals surface area contributed by atoms with Crippen LogP contribution in [0.1, 0.15) is 28.4 Å². The zero-order valence-corrected chi connectivity index (χ0v) is 12.0. The standard InChI is InChI=1S/C14H11BrF3NO/c1-8-4-9(7-19-6-8)13(20)11-3-2-10(15)5-12(11)14(16,17)18/h2-7,13,20H,1H3. The number of pyridine rings is 1. The molecule has 0 saturated carbocycles. The number of benzene rings is 1. The van der Waals surface area contributed by atoms with Crippen molar-refractivity contribution in [1.82, 2.24) is 4.98 Å². The predicted molar refractivity (Wildman–Crippen MR) is 72.2 cm³/mol. The van der Waals surface area contributed by atoms with E-state index >= 15 is 0 Å². The number of halogens is 4. The van der Waals surface area contributed by atoms with Crippen molar-refractivity contribution < 1.29 is 18.3 Å². The van der Waals surface area contributed by atoms with Gasteiger partial charge in [0.15, 0.2) is 0 Å². The molecule has 0 aliphatic rings. The fraction of sp³-hybridized carbons (Fsp3) is 0.214. The highest BCUT2D eigenvalue weighted by Gasteiger charge is 2.35. The van der Waals surface area contributed by atoms with E-state index in [1.54, 1.807) is 19.2 Å². The molecule has 6 heteroatoms. The third-order valence-corrected chi connectivity index (χ3v) is 3.32. The van der Waals surface area contributed by atoms with Crippen LogP contribution in [0.3, 0.4) is 0 Å². The average molecular weight is 346 g/mol. The maximum Gasteiger partial charge on any atom is 0.416 e. The molecule has 0 saturated heterocycles. The highest BCUT2D eigenvalue weighted by Crippen LogP contribution is 2.38.